The van der Waals surface area contributed by atoms with Crippen molar-refractivity contribution in [1.29, 1.82) is 0 Å². The van der Waals surface area contributed by atoms with Gasteiger partial charge in [0.05, 0.1) is 5.69 Å². The summed E-state index contributed by atoms with van der Waals surface area (Å²) in [7, 11) is 0. The Bertz CT molecular complexity index is 880. The molecule has 2 aromatic carbocycles. The van der Waals surface area contributed by atoms with E-state index in [2.05, 4.69) is 24.0 Å². The molecule has 0 spiro atoms. The van der Waals surface area contributed by atoms with Gasteiger partial charge in [0.2, 0.25) is 0 Å². The van der Waals surface area contributed by atoms with Crippen LogP contribution in [0.5, 0.6) is 0 Å². The Morgan fingerprint density at radius 1 is 0.810 bits per heavy atom. The first-order chi connectivity index (χ1) is 10.2. The standard InChI is InChI=1S/C19H13NO/c1-12-5-4-6-13(9-12)18-10-16-14-7-2-3-8-15(14)19(21)17(16)11-20-18/h2-11H,1H3. The fourth-order valence-electron chi connectivity index (χ4n) is 2.88. The second-order valence-corrected chi connectivity index (χ2v) is 5.36. The fraction of sp³-hybridized carbons (Fsp3) is 0.0526. The van der Waals surface area contributed by atoms with Crippen LogP contribution in [0.4, 0.5) is 0 Å². The van der Waals surface area contributed by atoms with Crippen LogP contribution in [0.2, 0.25) is 0 Å². The van der Waals surface area contributed by atoms with Crippen LogP contribution in [0.3, 0.4) is 0 Å². The van der Waals surface area contributed by atoms with Crippen molar-refractivity contribution in [3.8, 4) is 22.4 Å². The highest BCUT2D eigenvalue weighted by molar-refractivity contribution is 6.21. The van der Waals surface area contributed by atoms with Gasteiger partial charge in [0.25, 0.3) is 0 Å². The molecule has 21 heavy (non-hydrogen) atoms. The molecule has 0 unspecified atom stereocenters. The molecule has 0 amide bonds. The summed E-state index contributed by atoms with van der Waals surface area (Å²) in [5.41, 5.74) is 6.65. The van der Waals surface area contributed by atoms with E-state index in [9.17, 15) is 4.79 Å². The molecule has 0 N–H and O–H groups in total. The summed E-state index contributed by atoms with van der Waals surface area (Å²) in [5, 5.41) is 0. The fourth-order valence-corrected chi connectivity index (χ4v) is 2.88. The summed E-state index contributed by atoms with van der Waals surface area (Å²) in [6.45, 7) is 2.07. The van der Waals surface area contributed by atoms with E-state index in [0.717, 1.165) is 27.9 Å². The lowest BCUT2D eigenvalue weighted by Crippen LogP contribution is -1.96. The van der Waals surface area contributed by atoms with Crippen molar-refractivity contribution in [2.75, 3.05) is 0 Å². The molecule has 0 aliphatic heterocycles. The molecule has 0 bridgehead atoms. The Hall–Kier alpha value is -2.74. The first-order valence-electron chi connectivity index (χ1n) is 6.95. The third-order valence-electron chi connectivity index (χ3n) is 3.92. The number of benzene rings is 2. The van der Waals surface area contributed by atoms with Crippen molar-refractivity contribution in [3.05, 3.63) is 77.5 Å². The van der Waals surface area contributed by atoms with E-state index in [1.165, 1.54) is 5.56 Å². The predicted octanol–water partition coefficient (Wildman–Crippen LogP) is 4.27. The zero-order valence-corrected chi connectivity index (χ0v) is 11.6. The summed E-state index contributed by atoms with van der Waals surface area (Å²) in [4.78, 5) is 16.8. The summed E-state index contributed by atoms with van der Waals surface area (Å²) >= 11 is 0. The molecule has 100 valence electrons. The molecule has 0 fully saturated rings. The maximum atomic E-state index is 12.3. The highest BCUT2D eigenvalue weighted by Gasteiger charge is 2.26. The summed E-state index contributed by atoms with van der Waals surface area (Å²) in [6, 6.07) is 18.0. The third-order valence-corrected chi connectivity index (χ3v) is 3.92. The molecule has 0 atom stereocenters. The van der Waals surface area contributed by atoms with Gasteiger partial charge in [-0.25, -0.2) is 0 Å². The van der Waals surface area contributed by atoms with E-state index < -0.39 is 0 Å². The van der Waals surface area contributed by atoms with E-state index in [4.69, 9.17) is 0 Å². The molecule has 1 aliphatic carbocycles. The molecular weight excluding hydrogens is 258 g/mol. The van der Waals surface area contributed by atoms with Crippen LogP contribution in [0.1, 0.15) is 21.5 Å². The second-order valence-electron chi connectivity index (χ2n) is 5.36. The number of nitrogens with zero attached hydrogens (tertiary/aromatic N) is 1. The molecule has 0 radical (unpaired) electrons. The quantitative estimate of drug-likeness (QED) is 0.517. The topological polar surface area (TPSA) is 30.0 Å². The second kappa shape index (κ2) is 4.38. The van der Waals surface area contributed by atoms with Crippen molar-refractivity contribution in [1.82, 2.24) is 4.98 Å². The van der Waals surface area contributed by atoms with Crippen LogP contribution in [0.25, 0.3) is 22.4 Å². The van der Waals surface area contributed by atoms with Crippen LogP contribution in [-0.4, -0.2) is 10.8 Å². The minimum Gasteiger partial charge on any atom is -0.289 e. The molecule has 0 saturated carbocycles. The van der Waals surface area contributed by atoms with E-state index in [0.29, 0.717) is 5.56 Å². The number of carbonyl (C=O) groups excluding carboxylic acids is 1. The van der Waals surface area contributed by atoms with Gasteiger partial charge in [0.1, 0.15) is 0 Å². The zero-order valence-electron chi connectivity index (χ0n) is 11.6. The third kappa shape index (κ3) is 1.80. The van der Waals surface area contributed by atoms with Gasteiger partial charge < -0.3 is 0 Å². The average Bonchev–Trinajstić information content (AvgIpc) is 2.81. The first-order valence-corrected chi connectivity index (χ1v) is 6.95. The molecule has 0 saturated heterocycles. The Kier molecular flexibility index (Phi) is 2.51. The Morgan fingerprint density at radius 3 is 2.43 bits per heavy atom. The van der Waals surface area contributed by atoms with Gasteiger partial charge >= 0.3 is 0 Å². The number of ketones is 1. The molecule has 4 rings (SSSR count). The normalized spacial score (nSPS) is 12.1. The van der Waals surface area contributed by atoms with Gasteiger partial charge in [-0.05, 0) is 30.2 Å². The molecule has 2 heteroatoms. The van der Waals surface area contributed by atoms with Crippen LogP contribution in [-0.2, 0) is 0 Å². The number of hydrogen-bond acceptors (Lipinski definition) is 2. The van der Waals surface area contributed by atoms with Gasteiger partial charge in [0.15, 0.2) is 5.78 Å². The molecule has 2 nitrogen and oxygen atoms in total. The minimum atomic E-state index is 0.0730. The summed E-state index contributed by atoms with van der Waals surface area (Å²) in [6.07, 6.45) is 1.70. The Labute approximate surface area is 123 Å². The number of fused-ring (bicyclic) bond motifs is 3. The van der Waals surface area contributed by atoms with Gasteiger partial charge in [-0.2, -0.15) is 0 Å². The number of aromatic nitrogens is 1. The minimum absolute atomic E-state index is 0.0730. The predicted molar refractivity (Wildman–Crippen MR) is 83.3 cm³/mol. The number of rotatable bonds is 1. The number of pyridine rings is 1. The highest BCUT2D eigenvalue weighted by atomic mass is 16.1. The maximum Gasteiger partial charge on any atom is 0.195 e. The van der Waals surface area contributed by atoms with Gasteiger partial charge in [-0.15, -0.1) is 0 Å². The number of carbonyl (C=O) groups is 1. The van der Waals surface area contributed by atoms with Crippen molar-refractivity contribution in [2.24, 2.45) is 0 Å². The van der Waals surface area contributed by atoms with Gasteiger partial charge in [-0.3, -0.25) is 9.78 Å². The number of aryl methyl sites for hydroxylation is 1. The summed E-state index contributed by atoms with van der Waals surface area (Å²) < 4.78 is 0. The van der Waals surface area contributed by atoms with Crippen molar-refractivity contribution >= 4 is 5.78 Å². The lowest BCUT2D eigenvalue weighted by atomic mass is 10.0. The number of hydrogen-bond donors (Lipinski definition) is 0. The van der Waals surface area contributed by atoms with Crippen molar-refractivity contribution in [2.45, 2.75) is 6.92 Å². The molecule has 1 aromatic heterocycles. The smallest absolute Gasteiger partial charge is 0.195 e. The van der Waals surface area contributed by atoms with Crippen molar-refractivity contribution < 1.29 is 4.79 Å². The van der Waals surface area contributed by atoms with E-state index in [-0.39, 0.29) is 5.78 Å². The lowest BCUT2D eigenvalue weighted by Gasteiger charge is -2.05. The Morgan fingerprint density at radius 2 is 1.62 bits per heavy atom. The largest absolute Gasteiger partial charge is 0.289 e. The van der Waals surface area contributed by atoms with Gasteiger partial charge in [-0.1, -0.05) is 48.0 Å². The SMILES string of the molecule is Cc1cccc(-c2cc3c(cn2)C(=O)c2ccccc2-3)c1. The van der Waals surface area contributed by atoms with E-state index in [1.54, 1.807) is 6.20 Å². The van der Waals surface area contributed by atoms with E-state index >= 15 is 0 Å². The van der Waals surface area contributed by atoms with Crippen LogP contribution in [0.15, 0.2) is 60.8 Å². The first kappa shape index (κ1) is 12.0. The van der Waals surface area contributed by atoms with Crippen LogP contribution < -0.4 is 0 Å². The lowest BCUT2D eigenvalue weighted by molar-refractivity contribution is 0.104. The van der Waals surface area contributed by atoms with E-state index in [1.807, 2.05) is 42.5 Å². The molecule has 1 aliphatic rings. The average molecular weight is 271 g/mol. The highest BCUT2D eigenvalue weighted by Crippen LogP contribution is 2.37. The van der Waals surface area contributed by atoms with Crippen LogP contribution >= 0.6 is 0 Å². The molecule has 1 heterocycles. The van der Waals surface area contributed by atoms with Crippen LogP contribution in [0, 0.1) is 6.92 Å². The maximum absolute atomic E-state index is 12.3. The molecular formula is C19H13NO. The monoisotopic (exact) mass is 271 g/mol. The molecule has 3 aromatic rings. The Balaban J connectivity index is 1.93. The zero-order chi connectivity index (χ0) is 14.4. The van der Waals surface area contributed by atoms with Crippen molar-refractivity contribution in [3.63, 3.8) is 0 Å². The summed E-state index contributed by atoms with van der Waals surface area (Å²) in [5.74, 6) is 0.0730. The van der Waals surface area contributed by atoms with Gasteiger partial charge in [0, 0.05) is 22.9 Å².